The molecular weight excluding hydrogens is 178 g/mol. The number of aryl methyl sites for hydroxylation is 1. The third kappa shape index (κ3) is 1.54. The molecule has 1 heterocycles. The van der Waals surface area contributed by atoms with Gasteiger partial charge < -0.3 is 0 Å². The van der Waals surface area contributed by atoms with E-state index in [9.17, 15) is 0 Å². The molecule has 1 nitrogen and oxygen atoms in total. The van der Waals surface area contributed by atoms with E-state index in [2.05, 4.69) is 41.6 Å². The molecule has 0 fully saturated rings. The van der Waals surface area contributed by atoms with Crippen LogP contribution in [0.25, 0.3) is 10.9 Å². The largest absolute Gasteiger partial charge is 0.253 e. The maximum Gasteiger partial charge on any atom is 0.0716 e. The first-order valence-corrected chi connectivity index (χ1v) is 5.44. The second-order valence-electron chi connectivity index (χ2n) is 2.98. The monoisotopic (exact) mass is 189 g/mol. The van der Waals surface area contributed by atoms with E-state index < -0.39 is 0 Å². The molecule has 0 aliphatic heterocycles. The van der Waals surface area contributed by atoms with Crippen LogP contribution in [0.5, 0.6) is 0 Å². The Balaban J connectivity index is 2.77. The van der Waals surface area contributed by atoms with Gasteiger partial charge in [-0.25, -0.2) is 0 Å². The zero-order chi connectivity index (χ0) is 9.26. The van der Waals surface area contributed by atoms with Crippen molar-refractivity contribution in [2.24, 2.45) is 0 Å². The van der Waals surface area contributed by atoms with Crippen LogP contribution in [-0.4, -0.2) is 11.2 Å². The fraction of sp³-hybridized carbons (Fsp3) is 0.182. The summed E-state index contributed by atoms with van der Waals surface area (Å²) in [6, 6.07) is 10.4. The molecule has 0 unspecified atom stereocenters. The minimum absolute atomic E-state index is 1.07. The van der Waals surface area contributed by atoms with Gasteiger partial charge in [0.2, 0.25) is 0 Å². The normalized spacial score (nSPS) is 10.6. The van der Waals surface area contributed by atoms with Crippen molar-refractivity contribution in [3.8, 4) is 0 Å². The van der Waals surface area contributed by atoms with Crippen molar-refractivity contribution >= 4 is 22.7 Å². The van der Waals surface area contributed by atoms with Crippen molar-refractivity contribution in [2.45, 2.75) is 11.8 Å². The Morgan fingerprint density at radius 3 is 2.77 bits per heavy atom. The summed E-state index contributed by atoms with van der Waals surface area (Å²) in [6.07, 6.45) is 2.09. The third-order valence-electron chi connectivity index (χ3n) is 2.05. The quantitative estimate of drug-likeness (QED) is 0.639. The Bertz CT molecular complexity index is 437. The molecule has 2 rings (SSSR count). The Morgan fingerprint density at radius 1 is 1.15 bits per heavy atom. The van der Waals surface area contributed by atoms with E-state index in [4.69, 9.17) is 0 Å². The van der Waals surface area contributed by atoms with Crippen LogP contribution in [0, 0.1) is 6.92 Å². The summed E-state index contributed by atoms with van der Waals surface area (Å²) in [7, 11) is 0. The highest BCUT2D eigenvalue weighted by molar-refractivity contribution is 7.98. The molecule has 13 heavy (non-hydrogen) atoms. The zero-order valence-corrected chi connectivity index (χ0v) is 8.56. The van der Waals surface area contributed by atoms with E-state index in [1.54, 1.807) is 11.8 Å². The van der Waals surface area contributed by atoms with Crippen LogP contribution < -0.4 is 0 Å². The number of nitrogens with zero attached hydrogens (tertiary/aromatic N) is 1. The summed E-state index contributed by atoms with van der Waals surface area (Å²) in [5, 5.41) is 1.25. The van der Waals surface area contributed by atoms with Gasteiger partial charge in [0.05, 0.1) is 5.52 Å². The molecule has 0 aliphatic rings. The Labute approximate surface area is 82.2 Å². The number of benzene rings is 1. The van der Waals surface area contributed by atoms with Gasteiger partial charge in [0.1, 0.15) is 0 Å². The summed E-state index contributed by atoms with van der Waals surface area (Å²) < 4.78 is 0. The van der Waals surface area contributed by atoms with Crippen molar-refractivity contribution < 1.29 is 0 Å². The average Bonchev–Trinajstić information content (AvgIpc) is 2.16. The lowest BCUT2D eigenvalue weighted by Crippen LogP contribution is -1.83. The molecule has 0 aliphatic carbocycles. The number of pyridine rings is 1. The molecule has 0 N–H and O–H groups in total. The van der Waals surface area contributed by atoms with Crippen LogP contribution in [0.1, 0.15) is 5.69 Å². The lowest BCUT2D eigenvalue weighted by molar-refractivity contribution is 1.25. The molecule has 0 saturated carbocycles. The second-order valence-corrected chi connectivity index (χ2v) is 3.83. The first-order valence-electron chi connectivity index (χ1n) is 4.21. The standard InChI is InChI=1S/C11H11NS/c1-8-6-7-9-10(12-8)4-3-5-11(9)13-2/h3-7H,1-2H3. The minimum atomic E-state index is 1.07. The van der Waals surface area contributed by atoms with E-state index in [-0.39, 0.29) is 0 Å². The number of hydrogen-bond donors (Lipinski definition) is 0. The van der Waals surface area contributed by atoms with Gasteiger partial charge in [-0.3, -0.25) is 4.98 Å². The van der Waals surface area contributed by atoms with Gasteiger partial charge in [0.15, 0.2) is 0 Å². The van der Waals surface area contributed by atoms with Gasteiger partial charge in [-0.2, -0.15) is 0 Å². The average molecular weight is 189 g/mol. The van der Waals surface area contributed by atoms with Gasteiger partial charge >= 0.3 is 0 Å². The number of hydrogen-bond acceptors (Lipinski definition) is 2. The smallest absolute Gasteiger partial charge is 0.0716 e. The summed E-state index contributed by atoms with van der Waals surface area (Å²) in [5.74, 6) is 0. The van der Waals surface area contributed by atoms with Crippen LogP contribution in [0.2, 0.25) is 0 Å². The molecular formula is C11H11NS. The summed E-state index contributed by atoms with van der Waals surface area (Å²) in [6.45, 7) is 2.02. The number of fused-ring (bicyclic) bond motifs is 1. The molecule has 1 aromatic carbocycles. The first-order chi connectivity index (χ1) is 6.31. The molecule has 66 valence electrons. The first kappa shape index (κ1) is 8.57. The Hall–Kier alpha value is -1.02. The summed E-state index contributed by atoms with van der Waals surface area (Å²) in [5.41, 5.74) is 2.16. The van der Waals surface area contributed by atoms with Crippen LogP contribution in [0.4, 0.5) is 0 Å². The van der Waals surface area contributed by atoms with E-state index >= 15 is 0 Å². The fourth-order valence-corrected chi connectivity index (χ4v) is 2.01. The van der Waals surface area contributed by atoms with Crippen molar-refractivity contribution in [1.29, 1.82) is 0 Å². The van der Waals surface area contributed by atoms with Crippen molar-refractivity contribution in [2.75, 3.05) is 6.26 Å². The lowest BCUT2D eigenvalue weighted by Gasteiger charge is -2.02. The van der Waals surface area contributed by atoms with Crippen molar-refractivity contribution in [3.05, 3.63) is 36.0 Å². The Kier molecular flexibility index (Phi) is 2.23. The molecule has 2 aromatic rings. The van der Waals surface area contributed by atoms with E-state index in [0.29, 0.717) is 0 Å². The maximum absolute atomic E-state index is 4.47. The van der Waals surface area contributed by atoms with Crippen molar-refractivity contribution in [3.63, 3.8) is 0 Å². The van der Waals surface area contributed by atoms with E-state index in [1.807, 2.05) is 6.92 Å². The summed E-state index contributed by atoms with van der Waals surface area (Å²) in [4.78, 5) is 5.77. The predicted molar refractivity (Wildman–Crippen MR) is 58.3 cm³/mol. The van der Waals surface area contributed by atoms with Crippen LogP contribution in [0.3, 0.4) is 0 Å². The third-order valence-corrected chi connectivity index (χ3v) is 2.85. The Morgan fingerprint density at radius 2 is 2.00 bits per heavy atom. The van der Waals surface area contributed by atoms with Gasteiger partial charge in [-0.15, -0.1) is 11.8 Å². The predicted octanol–water partition coefficient (Wildman–Crippen LogP) is 3.27. The lowest BCUT2D eigenvalue weighted by atomic mass is 10.2. The van der Waals surface area contributed by atoms with Gasteiger partial charge in [-0.1, -0.05) is 6.07 Å². The number of thioether (sulfide) groups is 1. The van der Waals surface area contributed by atoms with Crippen LogP contribution in [0.15, 0.2) is 35.2 Å². The highest BCUT2D eigenvalue weighted by atomic mass is 32.2. The molecule has 0 atom stereocenters. The molecule has 0 bridgehead atoms. The van der Waals surface area contributed by atoms with Gasteiger partial charge in [0, 0.05) is 16.0 Å². The minimum Gasteiger partial charge on any atom is -0.253 e. The SMILES string of the molecule is CSc1cccc2nc(C)ccc12. The molecule has 0 radical (unpaired) electrons. The zero-order valence-electron chi connectivity index (χ0n) is 7.74. The molecule has 1 aromatic heterocycles. The molecule has 0 amide bonds. The van der Waals surface area contributed by atoms with Crippen molar-refractivity contribution in [1.82, 2.24) is 4.98 Å². The van der Waals surface area contributed by atoms with E-state index in [0.717, 1.165) is 11.2 Å². The van der Waals surface area contributed by atoms with Crippen LogP contribution >= 0.6 is 11.8 Å². The molecule has 0 spiro atoms. The van der Waals surface area contributed by atoms with Crippen LogP contribution in [-0.2, 0) is 0 Å². The van der Waals surface area contributed by atoms with E-state index in [1.165, 1.54) is 10.3 Å². The highest BCUT2D eigenvalue weighted by Gasteiger charge is 1.99. The topological polar surface area (TPSA) is 12.9 Å². The highest BCUT2D eigenvalue weighted by Crippen LogP contribution is 2.24. The van der Waals surface area contributed by atoms with Gasteiger partial charge in [-0.05, 0) is 37.4 Å². The number of rotatable bonds is 1. The van der Waals surface area contributed by atoms with Gasteiger partial charge in [0.25, 0.3) is 0 Å². The number of aromatic nitrogens is 1. The molecule has 2 heteroatoms. The fourth-order valence-electron chi connectivity index (χ4n) is 1.41. The maximum atomic E-state index is 4.47. The molecule has 0 saturated heterocycles. The second kappa shape index (κ2) is 3.38. The summed E-state index contributed by atoms with van der Waals surface area (Å²) >= 11 is 1.76.